The van der Waals surface area contributed by atoms with Crippen LogP contribution in [0.5, 0.6) is 0 Å². The highest BCUT2D eigenvalue weighted by atomic mass is 32.2. The van der Waals surface area contributed by atoms with Crippen molar-refractivity contribution in [2.24, 2.45) is 0 Å². The Bertz CT molecular complexity index is 1010. The van der Waals surface area contributed by atoms with E-state index < -0.39 is 5.82 Å². The number of carbonyl (C=O) groups is 1. The number of aromatic nitrogens is 2. The average molecular weight is 367 g/mol. The standard InChI is InChI=1S/C20H18FN3OS/c1-12-6-7-18(13(2)8-12)24-19(16-10-26-11-17(16)23-24)22-20(25)14-4-3-5-15(21)9-14/h3-9H,10-11H2,1-2H3,(H,22,25). The molecule has 1 N–H and O–H groups in total. The van der Waals surface area contributed by atoms with Crippen molar-refractivity contribution in [3.05, 3.63) is 76.2 Å². The summed E-state index contributed by atoms with van der Waals surface area (Å²) in [5, 5.41) is 7.68. The number of thioether (sulfide) groups is 1. The Hall–Kier alpha value is -2.60. The van der Waals surface area contributed by atoms with Crippen molar-refractivity contribution in [1.29, 1.82) is 0 Å². The van der Waals surface area contributed by atoms with Gasteiger partial charge in [0.25, 0.3) is 5.91 Å². The van der Waals surface area contributed by atoms with Gasteiger partial charge in [-0.3, -0.25) is 4.79 Å². The van der Waals surface area contributed by atoms with E-state index in [-0.39, 0.29) is 11.5 Å². The molecule has 0 fully saturated rings. The summed E-state index contributed by atoms with van der Waals surface area (Å²) in [7, 11) is 0. The first-order valence-corrected chi connectivity index (χ1v) is 9.51. The van der Waals surface area contributed by atoms with Crippen molar-refractivity contribution in [2.45, 2.75) is 25.4 Å². The first-order chi connectivity index (χ1) is 12.5. The lowest BCUT2D eigenvalue weighted by atomic mass is 10.1. The average Bonchev–Trinajstić information content (AvgIpc) is 3.18. The summed E-state index contributed by atoms with van der Waals surface area (Å²) in [4.78, 5) is 12.7. The molecule has 0 atom stereocenters. The van der Waals surface area contributed by atoms with Crippen molar-refractivity contribution in [1.82, 2.24) is 9.78 Å². The molecule has 4 nitrogen and oxygen atoms in total. The molecule has 26 heavy (non-hydrogen) atoms. The number of aryl methyl sites for hydroxylation is 2. The minimum Gasteiger partial charge on any atom is -0.306 e. The van der Waals surface area contributed by atoms with E-state index in [1.54, 1.807) is 22.5 Å². The third-order valence-electron chi connectivity index (χ3n) is 4.45. The molecule has 1 aromatic heterocycles. The Morgan fingerprint density at radius 3 is 2.81 bits per heavy atom. The molecular formula is C20H18FN3OS. The van der Waals surface area contributed by atoms with Crippen LogP contribution in [-0.4, -0.2) is 15.7 Å². The third kappa shape index (κ3) is 3.01. The van der Waals surface area contributed by atoms with Gasteiger partial charge >= 0.3 is 0 Å². The summed E-state index contributed by atoms with van der Waals surface area (Å²) in [5.74, 6) is 1.54. The maximum Gasteiger partial charge on any atom is 0.256 e. The summed E-state index contributed by atoms with van der Waals surface area (Å²) < 4.78 is 15.3. The van der Waals surface area contributed by atoms with Crippen LogP contribution in [0.3, 0.4) is 0 Å². The number of rotatable bonds is 3. The molecule has 3 aromatic rings. The number of fused-ring (bicyclic) bond motifs is 1. The summed E-state index contributed by atoms with van der Waals surface area (Å²) in [6.07, 6.45) is 0. The molecule has 0 radical (unpaired) electrons. The van der Waals surface area contributed by atoms with Gasteiger partial charge in [-0.25, -0.2) is 9.07 Å². The molecule has 6 heteroatoms. The molecule has 132 valence electrons. The number of hydrogen-bond acceptors (Lipinski definition) is 3. The topological polar surface area (TPSA) is 46.9 Å². The van der Waals surface area contributed by atoms with E-state index in [1.165, 1.54) is 23.8 Å². The Kier molecular flexibility index (Phi) is 4.28. The van der Waals surface area contributed by atoms with Crippen molar-refractivity contribution >= 4 is 23.5 Å². The highest BCUT2D eigenvalue weighted by Crippen LogP contribution is 2.36. The Labute approximate surface area is 155 Å². The smallest absolute Gasteiger partial charge is 0.256 e. The van der Waals surface area contributed by atoms with E-state index in [0.29, 0.717) is 5.82 Å². The Balaban J connectivity index is 1.77. The Morgan fingerprint density at radius 2 is 2.04 bits per heavy atom. The van der Waals surface area contributed by atoms with E-state index >= 15 is 0 Å². The van der Waals surface area contributed by atoms with Crippen LogP contribution < -0.4 is 5.32 Å². The maximum absolute atomic E-state index is 13.5. The van der Waals surface area contributed by atoms with Gasteiger partial charge in [0.05, 0.1) is 11.4 Å². The fourth-order valence-electron chi connectivity index (χ4n) is 3.17. The van der Waals surface area contributed by atoms with Crippen molar-refractivity contribution in [3.63, 3.8) is 0 Å². The molecule has 1 amide bonds. The van der Waals surface area contributed by atoms with Crippen LogP contribution in [0.2, 0.25) is 0 Å². The van der Waals surface area contributed by atoms with Crippen molar-refractivity contribution in [3.8, 4) is 5.69 Å². The lowest BCUT2D eigenvalue weighted by Gasteiger charge is -2.13. The molecule has 2 heterocycles. The van der Waals surface area contributed by atoms with E-state index in [2.05, 4.69) is 11.4 Å². The van der Waals surface area contributed by atoms with Crippen LogP contribution in [0, 0.1) is 19.7 Å². The molecule has 2 aromatic carbocycles. The summed E-state index contributed by atoms with van der Waals surface area (Å²) >= 11 is 1.77. The number of amides is 1. The number of carbonyl (C=O) groups excluding carboxylic acids is 1. The lowest BCUT2D eigenvalue weighted by Crippen LogP contribution is -2.16. The summed E-state index contributed by atoms with van der Waals surface area (Å²) in [6, 6.07) is 11.8. The van der Waals surface area contributed by atoms with Crippen LogP contribution in [0.4, 0.5) is 10.2 Å². The van der Waals surface area contributed by atoms with Gasteiger partial charge in [0.1, 0.15) is 11.6 Å². The molecule has 0 bridgehead atoms. The van der Waals surface area contributed by atoms with Gasteiger partial charge in [0.15, 0.2) is 0 Å². The molecule has 4 rings (SSSR count). The molecule has 0 aliphatic carbocycles. The Morgan fingerprint density at radius 1 is 1.19 bits per heavy atom. The van der Waals surface area contributed by atoms with Gasteiger partial charge in [-0.05, 0) is 43.7 Å². The second-order valence-corrected chi connectivity index (χ2v) is 7.42. The number of hydrogen-bond donors (Lipinski definition) is 1. The van der Waals surface area contributed by atoms with Gasteiger partial charge in [-0.1, -0.05) is 23.8 Å². The van der Waals surface area contributed by atoms with Gasteiger partial charge in [-0.2, -0.15) is 16.9 Å². The van der Waals surface area contributed by atoms with Gasteiger partial charge in [-0.15, -0.1) is 0 Å². The molecule has 1 aliphatic heterocycles. The quantitative estimate of drug-likeness (QED) is 0.734. The predicted molar refractivity (Wildman–Crippen MR) is 102 cm³/mol. The van der Waals surface area contributed by atoms with Crippen LogP contribution in [0.25, 0.3) is 5.69 Å². The van der Waals surface area contributed by atoms with E-state index in [4.69, 9.17) is 5.10 Å². The normalized spacial score (nSPS) is 12.9. The zero-order valence-electron chi connectivity index (χ0n) is 14.5. The predicted octanol–water partition coefficient (Wildman–Crippen LogP) is 4.63. The molecule has 0 spiro atoms. The van der Waals surface area contributed by atoms with Gasteiger partial charge in [0.2, 0.25) is 0 Å². The minimum absolute atomic E-state index is 0.290. The molecule has 0 saturated carbocycles. The fourth-order valence-corrected chi connectivity index (χ4v) is 4.20. The zero-order chi connectivity index (χ0) is 18.3. The van der Waals surface area contributed by atoms with Gasteiger partial charge < -0.3 is 5.32 Å². The summed E-state index contributed by atoms with van der Waals surface area (Å²) in [5.41, 5.74) is 5.51. The van der Waals surface area contributed by atoms with E-state index in [1.807, 2.05) is 26.0 Å². The first-order valence-electron chi connectivity index (χ1n) is 8.36. The fraction of sp³-hybridized carbons (Fsp3) is 0.200. The number of nitrogens with zero attached hydrogens (tertiary/aromatic N) is 2. The van der Waals surface area contributed by atoms with Crippen molar-refractivity contribution in [2.75, 3.05) is 5.32 Å². The molecule has 1 aliphatic rings. The monoisotopic (exact) mass is 367 g/mol. The lowest BCUT2D eigenvalue weighted by molar-refractivity contribution is 0.102. The third-order valence-corrected chi connectivity index (χ3v) is 5.42. The van der Waals surface area contributed by atoms with Crippen LogP contribution in [0.15, 0.2) is 42.5 Å². The highest BCUT2D eigenvalue weighted by Gasteiger charge is 2.25. The molecule has 0 saturated heterocycles. The number of anilines is 1. The number of nitrogens with one attached hydrogen (secondary N) is 1. The second kappa shape index (κ2) is 6.61. The van der Waals surface area contributed by atoms with Crippen LogP contribution in [-0.2, 0) is 11.5 Å². The van der Waals surface area contributed by atoms with Crippen LogP contribution in [0.1, 0.15) is 32.7 Å². The van der Waals surface area contributed by atoms with Crippen molar-refractivity contribution < 1.29 is 9.18 Å². The van der Waals surface area contributed by atoms with Crippen LogP contribution >= 0.6 is 11.8 Å². The van der Waals surface area contributed by atoms with E-state index in [9.17, 15) is 9.18 Å². The van der Waals surface area contributed by atoms with E-state index in [0.717, 1.165) is 34.0 Å². The maximum atomic E-state index is 13.5. The second-order valence-electron chi connectivity index (χ2n) is 6.43. The number of benzene rings is 2. The first kappa shape index (κ1) is 16.8. The zero-order valence-corrected chi connectivity index (χ0v) is 15.4. The summed E-state index contributed by atoms with van der Waals surface area (Å²) in [6.45, 7) is 4.07. The SMILES string of the molecule is Cc1ccc(-n2nc3c(c2NC(=O)c2cccc(F)c2)CSC3)c(C)c1. The minimum atomic E-state index is -0.429. The number of halogens is 1. The van der Waals surface area contributed by atoms with Gasteiger partial charge in [0, 0.05) is 22.6 Å². The molecular weight excluding hydrogens is 349 g/mol. The highest BCUT2D eigenvalue weighted by molar-refractivity contribution is 7.98. The molecule has 0 unspecified atom stereocenters. The largest absolute Gasteiger partial charge is 0.306 e.